The van der Waals surface area contributed by atoms with Gasteiger partial charge in [0.05, 0.1) is 0 Å². The highest BCUT2D eigenvalue weighted by Crippen LogP contribution is 2.13. The third-order valence-electron chi connectivity index (χ3n) is 3.15. The normalized spacial score (nSPS) is 10.5. The first-order valence-corrected chi connectivity index (χ1v) is 7.31. The number of benzene rings is 1. The molecule has 5 heteroatoms. The molecule has 116 valence electrons. The van der Waals surface area contributed by atoms with Crippen LogP contribution in [0.3, 0.4) is 0 Å². The predicted molar refractivity (Wildman–Crippen MR) is 86.5 cm³/mol. The third kappa shape index (κ3) is 4.84. The number of nitrogens with zero attached hydrogens (tertiary/aromatic N) is 1. The van der Waals surface area contributed by atoms with Crippen molar-refractivity contribution >= 4 is 17.3 Å². The summed E-state index contributed by atoms with van der Waals surface area (Å²) in [6, 6.07) is 9.16. The Hall–Kier alpha value is -2.43. The van der Waals surface area contributed by atoms with E-state index in [9.17, 15) is 9.18 Å². The molecule has 2 N–H and O–H groups in total. The molecule has 0 saturated heterocycles. The standard InChI is InChI=1S/C17H20FN3O/c1-12(2)7-9-19-15-8-10-20-16(11-15)17(22)21-14-5-3-13(18)4-6-14/h3-6,8,10-12H,7,9H2,1-2H3,(H,19,20)(H,21,22). The number of carbonyl (C=O) groups is 1. The molecular formula is C17H20FN3O. The van der Waals surface area contributed by atoms with Gasteiger partial charge in [0.15, 0.2) is 0 Å². The van der Waals surface area contributed by atoms with Gasteiger partial charge < -0.3 is 10.6 Å². The molecule has 2 rings (SSSR count). The van der Waals surface area contributed by atoms with Crippen molar-refractivity contribution < 1.29 is 9.18 Å². The minimum absolute atomic E-state index is 0.318. The van der Waals surface area contributed by atoms with Gasteiger partial charge in [0, 0.05) is 24.1 Å². The largest absolute Gasteiger partial charge is 0.385 e. The van der Waals surface area contributed by atoms with Crippen LogP contribution in [0.5, 0.6) is 0 Å². The minimum atomic E-state index is -0.340. The number of hydrogen-bond acceptors (Lipinski definition) is 3. The van der Waals surface area contributed by atoms with E-state index in [1.165, 1.54) is 24.3 Å². The number of aromatic nitrogens is 1. The first-order valence-electron chi connectivity index (χ1n) is 7.31. The molecule has 0 bridgehead atoms. The van der Waals surface area contributed by atoms with E-state index in [2.05, 4.69) is 29.5 Å². The zero-order valence-electron chi connectivity index (χ0n) is 12.8. The maximum absolute atomic E-state index is 12.8. The molecule has 1 heterocycles. The summed E-state index contributed by atoms with van der Waals surface area (Å²) in [5.41, 5.74) is 1.71. The molecule has 0 unspecified atom stereocenters. The van der Waals surface area contributed by atoms with E-state index in [0.29, 0.717) is 17.3 Å². The van der Waals surface area contributed by atoms with Crippen LogP contribution in [0.1, 0.15) is 30.8 Å². The summed E-state index contributed by atoms with van der Waals surface area (Å²) in [5, 5.41) is 5.96. The molecule has 4 nitrogen and oxygen atoms in total. The summed E-state index contributed by atoms with van der Waals surface area (Å²) in [4.78, 5) is 16.2. The molecule has 0 aliphatic rings. The van der Waals surface area contributed by atoms with Gasteiger partial charge in [0.2, 0.25) is 0 Å². The number of hydrogen-bond donors (Lipinski definition) is 2. The average Bonchev–Trinajstić information content (AvgIpc) is 2.49. The number of amides is 1. The Morgan fingerprint density at radius 2 is 1.91 bits per heavy atom. The van der Waals surface area contributed by atoms with Gasteiger partial charge in [0.1, 0.15) is 11.5 Å². The molecule has 1 aromatic heterocycles. The fourth-order valence-electron chi connectivity index (χ4n) is 1.90. The first kappa shape index (κ1) is 15.9. The second-order valence-corrected chi connectivity index (χ2v) is 5.50. The highest BCUT2D eigenvalue weighted by Gasteiger charge is 2.08. The lowest BCUT2D eigenvalue weighted by atomic mass is 10.1. The topological polar surface area (TPSA) is 54.0 Å². The van der Waals surface area contributed by atoms with E-state index >= 15 is 0 Å². The van der Waals surface area contributed by atoms with E-state index in [-0.39, 0.29) is 11.7 Å². The van der Waals surface area contributed by atoms with Crippen LogP contribution in [0.4, 0.5) is 15.8 Å². The number of nitrogens with one attached hydrogen (secondary N) is 2. The number of halogens is 1. The number of pyridine rings is 1. The van der Waals surface area contributed by atoms with Crippen LogP contribution in [-0.2, 0) is 0 Å². The van der Waals surface area contributed by atoms with Crippen LogP contribution in [-0.4, -0.2) is 17.4 Å². The van der Waals surface area contributed by atoms with Gasteiger partial charge in [-0.15, -0.1) is 0 Å². The van der Waals surface area contributed by atoms with Crippen molar-refractivity contribution in [3.8, 4) is 0 Å². The monoisotopic (exact) mass is 301 g/mol. The Kier molecular flexibility index (Phi) is 5.47. The molecule has 0 saturated carbocycles. The van der Waals surface area contributed by atoms with Crippen molar-refractivity contribution in [2.45, 2.75) is 20.3 Å². The molecule has 0 aliphatic heterocycles. The minimum Gasteiger partial charge on any atom is -0.385 e. The molecule has 0 atom stereocenters. The van der Waals surface area contributed by atoms with Crippen LogP contribution in [0, 0.1) is 11.7 Å². The molecule has 0 aliphatic carbocycles. The summed E-state index contributed by atoms with van der Waals surface area (Å²) in [6.07, 6.45) is 2.65. The number of rotatable bonds is 6. The van der Waals surface area contributed by atoms with Gasteiger partial charge in [-0.1, -0.05) is 13.8 Å². The van der Waals surface area contributed by atoms with Gasteiger partial charge in [-0.25, -0.2) is 4.39 Å². The molecule has 0 fully saturated rings. The van der Waals surface area contributed by atoms with Gasteiger partial charge in [0.25, 0.3) is 5.91 Å². The first-order chi connectivity index (χ1) is 10.5. The molecule has 2 aromatic rings. The Morgan fingerprint density at radius 1 is 1.18 bits per heavy atom. The Bertz CT molecular complexity index is 626. The van der Waals surface area contributed by atoms with Crippen molar-refractivity contribution in [3.05, 3.63) is 54.1 Å². The fourth-order valence-corrected chi connectivity index (χ4v) is 1.90. The second-order valence-electron chi connectivity index (χ2n) is 5.50. The predicted octanol–water partition coefficient (Wildman–Crippen LogP) is 3.93. The van der Waals surface area contributed by atoms with Crippen LogP contribution in [0.2, 0.25) is 0 Å². The van der Waals surface area contributed by atoms with Crippen molar-refractivity contribution in [2.24, 2.45) is 5.92 Å². The zero-order chi connectivity index (χ0) is 15.9. The molecule has 0 spiro atoms. The van der Waals surface area contributed by atoms with E-state index in [4.69, 9.17) is 0 Å². The summed E-state index contributed by atoms with van der Waals surface area (Å²) in [6.45, 7) is 5.17. The van der Waals surface area contributed by atoms with Crippen molar-refractivity contribution in [1.82, 2.24) is 4.98 Å². The molecule has 1 amide bonds. The van der Waals surface area contributed by atoms with E-state index < -0.39 is 0 Å². The van der Waals surface area contributed by atoms with Crippen LogP contribution >= 0.6 is 0 Å². The zero-order valence-corrected chi connectivity index (χ0v) is 12.8. The highest BCUT2D eigenvalue weighted by atomic mass is 19.1. The molecule has 1 aromatic carbocycles. The van der Waals surface area contributed by atoms with Gasteiger partial charge in [-0.05, 0) is 48.7 Å². The third-order valence-corrected chi connectivity index (χ3v) is 3.15. The summed E-state index contributed by atoms with van der Waals surface area (Å²) in [7, 11) is 0. The van der Waals surface area contributed by atoms with Crippen LogP contribution < -0.4 is 10.6 Å². The van der Waals surface area contributed by atoms with E-state index in [1.807, 2.05) is 6.07 Å². The lowest BCUT2D eigenvalue weighted by Crippen LogP contribution is -2.14. The van der Waals surface area contributed by atoms with Crippen LogP contribution in [0.15, 0.2) is 42.6 Å². The lowest BCUT2D eigenvalue weighted by molar-refractivity contribution is 0.102. The van der Waals surface area contributed by atoms with Gasteiger partial charge >= 0.3 is 0 Å². The maximum atomic E-state index is 12.8. The quantitative estimate of drug-likeness (QED) is 0.850. The number of carbonyl (C=O) groups excluding carboxylic acids is 1. The SMILES string of the molecule is CC(C)CCNc1ccnc(C(=O)Nc2ccc(F)cc2)c1. The smallest absolute Gasteiger partial charge is 0.274 e. The molecule has 0 radical (unpaired) electrons. The second kappa shape index (κ2) is 7.54. The Balaban J connectivity index is 1.99. The Labute approximate surface area is 129 Å². The lowest BCUT2D eigenvalue weighted by Gasteiger charge is -2.09. The summed E-state index contributed by atoms with van der Waals surface area (Å²) >= 11 is 0. The van der Waals surface area contributed by atoms with Crippen LogP contribution in [0.25, 0.3) is 0 Å². The highest BCUT2D eigenvalue weighted by molar-refractivity contribution is 6.03. The van der Waals surface area contributed by atoms with Crippen molar-refractivity contribution in [3.63, 3.8) is 0 Å². The molecule has 22 heavy (non-hydrogen) atoms. The summed E-state index contributed by atoms with van der Waals surface area (Å²) < 4.78 is 12.8. The van der Waals surface area contributed by atoms with Crippen molar-refractivity contribution in [1.29, 1.82) is 0 Å². The van der Waals surface area contributed by atoms with Gasteiger partial charge in [-0.3, -0.25) is 9.78 Å². The molecular weight excluding hydrogens is 281 g/mol. The van der Waals surface area contributed by atoms with E-state index in [1.54, 1.807) is 12.3 Å². The average molecular weight is 301 g/mol. The van der Waals surface area contributed by atoms with E-state index in [0.717, 1.165) is 18.7 Å². The summed E-state index contributed by atoms with van der Waals surface area (Å²) in [5.74, 6) is -0.0397. The maximum Gasteiger partial charge on any atom is 0.274 e. The number of anilines is 2. The van der Waals surface area contributed by atoms with Gasteiger partial charge in [-0.2, -0.15) is 0 Å². The van der Waals surface area contributed by atoms with Crippen molar-refractivity contribution in [2.75, 3.05) is 17.2 Å². The fraction of sp³-hybridized carbons (Fsp3) is 0.294. The Morgan fingerprint density at radius 3 is 2.59 bits per heavy atom.